The largest absolute Gasteiger partial charge is 0.352 e. The van der Waals surface area contributed by atoms with Crippen LogP contribution in [0.25, 0.3) is 0 Å². The van der Waals surface area contributed by atoms with Crippen molar-refractivity contribution in [1.82, 2.24) is 5.32 Å². The van der Waals surface area contributed by atoms with Crippen LogP contribution in [0.1, 0.15) is 58.9 Å². The molecule has 0 aliphatic heterocycles. The third kappa shape index (κ3) is 7.31. The molecule has 21 heavy (non-hydrogen) atoms. The van der Waals surface area contributed by atoms with Crippen LogP contribution in [0.15, 0.2) is 30.3 Å². The second-order valence-electron chi connectivity index (χ2n) is 6.66. The van der Waals surface area contributed by atoms with E-state index in [1.165, 1.54) is 6.42 Å². The summed E-state index contributed by atoms with van der Waals surface area (Å²) in [6.07, 6.45) is 4.04. The van der Waals surface area contributed by atoms with Crippen LogP contribution in [0.5, 0.6) is 0 Å². The lowest BCUT2D eigenvalue weighted by molar-refractivity contribution is -0.121. The normalized spacial score (nSPS) is 11.4. The van der Waals surface area contributed by atoms with Crippen LogP contribution in [0.4, 0.5) is 0 Å². The van der Waals surface area contributed by atoms with Crippen LogP contribution >= 0.6 is 0 Å². The Kier molecular flexibility index (Phi) is 8.11. The summed E-state index contributed by atoms with van der Waals surface area (Å²) >= 11 is 0. The summed E-state index contributed by atoms with van der Waals surface area (Å²) in [4.78, 5) is 11.8. The molecule has 0 spiro atoms. The van der Waals surface area contributed by atoms with Crippen molar-refractivity contribution in [3.05, 3.63) is 35.9 Å². The summed E-state index contributed by atoms with van der Waals surface area (Å²) in [5, 5.41) is 2.99. The SMILES string of the molecule is CC(C)C(CCCCC(=O)NCc1ccccc1)C(C)C. The Morgan fingerprint density at radius 2 is 1.62 bits per heavy atom. The Morgan fingerprint density at radius 3 is 2.19 bits per heavy atom. The highest BCUT2D eigenvalue weighted by molar-refractivity contribution is 5.75. The van der Waals surface area contributed by atoms with Gasteiger partial charge in [0, 0.05) is 13.0 Å². The number of nitrogens with one attached hydrogen (secondary N) is 1. The number of hydrogen-bond acceptors (Lipinski definition) is 1. The zero-order valence-electron chi connectivity index (χ0n) is 14.1. The van der Waals surface area contributed by atoms with E-state index < -0.39 is 0 Å². The molecule has 1 rings (SSSR count). The summed E-state index contributed by atoms with van der Waals surface area (Å²) in [7, 11) is 0. The first kappa shape index (κ1) is 17.7. The smallest absolute Gasteiger partial charge is 0.220 e. The Bertz CT molecular complexity index is 389. The average Bonchev–Trinajstić information content (AvgIpc) is 2.45. The van der Waals surface area contributed by atoms with E-state index >= 15 is 0 Å². The molecule has 0 aliphatic carbocycles. The highest BCUT2D eigenvalue weighted by Crippen LogP contribution is 2.26. The lowest BCUT2D eigenvalue weighted by Gasteiger charge is -2.24. The number of unbranched alkanes of at least 4 members (excludes halogenated alkanes) is 1. The summed E-state index contributed by atoms with van der Waals surface area (Å²) in [5.41, 5.74) is 1.16. The van der Waals surface area contributed by atoms with Gasteiger partial charge in [-0.05, 0) is 36.2 Å². The monoisotopic (exact) mass is 289 g/mol. The molecule has 0 fully saturated rings. The molecule has 2 heteroatoms. The van der Waals surface area contributed by atoms with Crippen molar-refractivity contribution in [2.24, 2.45) is 17.8 Å². The van der Waals surface area contributed by atoms with Gasteiger partial charge in [0.05, 0.1) is 0 Å². The Labute approximate surface area is 130 Å². The van der Waals surface area contributed by atoms with E-state index in [2.05, 4.69) is 33.0 Å². The summed E-state index contributed by atoms with van der Waals surface area (Å²) in [6.45, 7) is 9.85. The van der Waals surface area contributed by atoms with E-state index in [1.807, 2.05) is 30.3 Å². The van der Waals surface area contributed by atoms with Crippen LogP contribution in [-0.2, 0) is 11.3 Å². The third-order valence-electron chi connectivity index (χ3n) is 4.24. The van der Waals surface area contributed by atoms with Crippen molar-refractivity contribution >= 4 is 5.91 Å². The van der Waals surface area contributed by atoms with E-state index in [1.54, 1.807) is 0 Å². The molecule has 0 unspecified atom stereocenters. The minimum absolute atomic E-state index is 0.171. The first-order valence-electron chi connectivity index (χ1n) is 8.31. The predicted molar refractivity (Wildman–Crippen MR) is 89.9 cm³/mol. The van der Waals surface area contributed by atoms with E-state index in [-0.39, 0.29) is 5.91 Å². The maximum Gasteiger partial charge on any atom is 0.220 e. The van der Waals surface area contributed by atoms with Gasteiger partial charge in [-0.25, -0.2) is 0 Å². The lowest BCUT2D eigenvalue weighted by Crippen LogP contribution is -2.22. The minimum Gasteiger partial charge on any atom is -0.352 e. The molecule has 0 saturated carbocycles. The van der Waals surface area contributed by atoms with Crippen molar-refractivity contribution < 1.29 is 4.79 Å². The van der Waals surface area contributed by atoms with Crippen molar-refractivity contribution in [2.45, 2.75) is 59.9 Å². The van der Waals surface area contributed by atoms with E-state index in [0.717, 1.165) is 36.2 Å². The molecule has 0 atom stereocenters. The second-order valence-corrected chi connectivity index (χ2v) is 6.66. The molecule has 1 amide bonds. The van der Waals surface area contributed by atoms with E-state index in [4.69, 9.17) is 0 Å². The molecule has 0 heterocycles. The van der Waals surface area contributed by atoms with Crippen molar-refractivity contribution in [3.63, 3.8) is 0 Å². The standard InChI is InChI=1S/C19H31NO/c1-15(2)18(16(3)4)12-8-9-13-19(21)20-14-17-10-6-5-7-11-17/h5-7,10-11,15-16,18H,8-9,12-14H2,1-4H3,(H,20,21). The first-order chi connectivity index (χ1) is 10.0. The molecule has 2 nitrogen and oxygen atoms in total. The fraction of sp³-hybridized carbons (Fsp3) is 0.632. The number of carbonyl (C=O) groups is 1. The Hall–Kier alpha value is -1.31. The maximum atomic E-state index is 11.8. The second kappa shape index (κ2) is 9.59. The summed E-state index contributed by atoms with van der Waals surface area (Å²) < 4.78 is 0. The van der Waals surface area contributed by atoms with Gasteiger partial charge in [0.1, 0.15) is 0 Å². The highest BCUT2D eigenvalue weighted by Gasteiger charge is 2.16. The van der Waals surface area contributed by atoms with E-state index in [9.17, 15) is 4.79 Å². The third-order valence-corrected chi connectivity index (χ3v) is 4.24. The first-order valence-corrected chi connectivity index (χ1v) is 8.31. The molecule has 0 radical (unpaired) electrons. The number of carbonyl (C=O) groups excluding carboxylic acids is 1. The molecule has 1 N–H and O–H groups in total. The molecule has 1 aromatic rings. The lowest BCUT2D eigenvalue weighted by atomic mass is 9.82. The summed E-state index contributed by atoms with van der Waals surface area (Å²) in [5.74, 6) is 2.41. The quantitative estimate of drug-likeness (QED) is 0.651. The van der Waals surface area contributed by atoms with Gasteiger partial charge in [-0.15, -0.1) is 0 Å². The topological polar surface area (TPSA) is 29.1 Å². The van der Waals surface area contributed by atoms with Gasteiger partial charge in [0.15, 0.2) is 0 Å². The van der Waals surface area contributed by atoms with Crippen LogP contribution in [0.3, 0.4) is 0 Å². The Morgan fingerprint density at radius 1 is 1.00 bits per heavy atom. The van der Waals surface area contributed by atoms with Gasteiger partial charge >= 0.3 is 0 Å². The number of amides is 1. The number of hydrogen-bond donors (Lipinski definition) is 1. The van der Waals surface area contributed by atoms with E-state index in [0.29, 0.717) is 13.0 Å². The molecule has 118 valence electrons. The average molecular weight is 289 g/mol. The van der Waals surface area contributed by atoms with Crippen LogP contribution in [0.2, 0.25) is 0 Å². The van der Waals surface area contributed by atoms with Gasteiger partial charge in [-0.1, -0.05) is 64.4 Å². The maximum absolute atomic E-state index is 11.8. The molecule has 0 saturated heterocycles. The molecular weight excluding hydrogens is 258 g/mol. The van der Waals surface area contributed by atoms with Crippen LogP contribution in [0, 0.1) is 17.8 Å². The zero-order valence-corrected chi connectivity index (χ0v) is 14.1. The number of rotatable bonds is 9. The fourth-order valence-electron chi connectivity index (χ4n) is 2.99. The molecule has 0 aromatic heterocycles. The van der Waals surface area contributed by atoms with Gasteiger partial charge in [0.25, 0.3) is 0 Å². The molecule has 0 aliphatic rings. The van der Waals surface area contributed by atoms with Crippen molar-refractivity contribution in [3.8, 4) is 0 Å². The molecule has 0 bridgehead atoms. The fourth-order valence-corrected chi connectivity index (χ4v) is 2.99. The number of benzene rings is 1. The summed E-state index contributed by atoms with van der Waals surface area (Å²) in [6, 6.07) is 10.1. The van der Waals surface area contributed by atoms with Gasteiger partial charge in [0.2, 0.25) is 5.91 Å². The molecule has 1 aromatic carbocycles. The van der Waals surface area contributed by atoms with Crippen molar-refractivity contribution in [1.29, 1.82) is 0 Å². The minimum atomic E-state index is 0.171. The van der Waals surface area contributed by atoms with Gasteiger partial charge in [-0.3, -0.25) is 4.79 Å². The highest BCUT2D eigenvalue weighted by atomic mass is 16.1. The predicted octanol–water partition coefficient (Wildman–Crippen LogP) is 4.79. The zero-order chi connectivity index (χ0) is 15.7. The van der Waals surface area contributed by atoms with Gasteiger partial charge in [-0.2, -0.15) is 0 Å². The van der Waals surface area contributed by atoms with Gasteiger partial charge < -0.3 is 5.32 Å². The van der Waals surface area contributed by atoms with Crippen LogP contribution in [-0.4, -0.2) is 5.91 Å². The molecular formula is C19H31NO. The Balaban J connectivity index is 2.16. The van der Waals surface area contributed by atoms with Crippen LogP contribution < -0.4 is 5.32 Å². The van der Waals surface area contributed by atoms with Crippen molar-refractivity contribution in [2.75, 3.05) is 0 Å².